The summed E-state index contributed by atoms with van der Waals surface area (Å²) in [5.74, 6) is -11.4. The Bertz CT molecular complexity index is 988. The lowest BCUT2D eigenvalue weighted by atomic mass is 9.61. The topological polar surface area (TPSA) is 43.4 Å². The molecule has 4 aliphatic rings. The Balaban J connectivity index is 1.97. The van der Waals surface area contributed by atoms with Crippen molar-refractivity contribution >= 4 is 11.9 Å². The van der Waals surface area contributed by atoms with Crippen LogP contribution in [0.3, 0.4) is 0 Å². The molecular formula is C18H6F4O3. The van der Waals surface area contributed by atoms with Crippen molar-refractivity contribution in [1.82, 2.24) is 0 Å². The van der Waals surface area contributed by atoms with Crippen LogP contribution in [-0.4, -0.2) is 11.9 Å². The van der Waals surface area contributed by atoms with E-state index in [2.05, 4.69) is 4.74 Å². The molecule has 0 saturated heterocycles. The van der Waals surface area contributed by atoms with Crippen LogP contribution in [0.2, 0.25) is 0 Å². The van der Waals surface area contributed by atoms with Crippen LogP contribution in [0.4, 0.5) is 17.6 Å². The van der Waals surface area contributed by atoms with E-state index in [0.29, 0.717) is 11.1 Å². The van der Waals surface area contributed by atoms with Crippen LogP contribution in [-0.2, 0) is 14.3 Å². The first-order chi connectivity index (χ1) is 11.9. The highest BCUT2D eigenvalue weighted by atomic mass is 19.2. The Morgan fingerprint density at radius 3 is 1.48 bits per heavy atom. The molecule has 2 bridgehead atoms. The Hall–Kier alpha value is -2.96. The van der Waals surface area contributed by atoms with Gasteiger partial charge in [0.2, 0.25) is 0 Å². The minimum absolute atomic E-state index is 0.134. The van der Waals surface area contributed by atoms with E-state index in [9.17, 15) is 27.2 Å². The maximum Gasteiger partial charge on any atom is 0.343 e. The van der Waals surface area contributed by atoms with Crippen molar-refractivity contribution in [3.63, 3.8) is 0 Å². The Kier molecular flexibility index (Phi) is 2.51. The number of carbonyl (C=O) groups excluding carboxylic acids is 2. The monoisotopic (exact) mass is 346 g/mol. The van der Waals surface area contributed by atoms with Gasteiger partial charge in [-0.2, -0.15) is 0 Å². The summed E-state index contributed by atoms with van der Waals surface area (Å²) in [5, 5.41) is 0. The molecule has 124 valence electrons. The van der Waals surface area contributed by atoms with Gasteiger partial charge in [-0.25, -0.2) is 27.2 Å². The number of hydrogen-bond acceptors (Lipinski definition) is 3. The SMILES string of the molecule is O=C1OC(=O)C2=C1C1c3ccccc3C2c2c(F)c(F)c(F)c(F)c21. The summed E-state index contributed by atoms with van der Waals surface area (Å²) in [7, 11) is 0. The van der Waals surface area contributed by atoms with Gasteiger partial charge < -0.3 is 4.74 Å². The van der Waals surface area contributed by atoms with Gasteiger partial charge >= 0.3 is 11.9 Å². The summed E-state index contributed by atoms with van der Waals surface area (Å²) >= 11 is 0. The number of cyclic esters (lactones) is 2. The van der Waals surface area contributed by atoms with E-state index in [1.807, 2.05) is 0 Å². The molecule has 2 unspecified atom stereocenters. The van der Waals surface area contributed by atoms with Gasteiger partial charge in [-0.1, -0.05) is 24.3 Å². The summed E-state index contributed by atoms with van der Waals surface area (Å²) in [6, 6.07) is 6.40. The summed E-state index contributed by atoms with van der Waals surface area (Å²) in [6.07, 6.45) is 0. The Labute approximate surface area is 137 Å². The minimum atomic E-state index is -1.94. The molecule has 1 heterocycles. The first kappa shape index (κ1) is 14.4. The minimum Gasteiger partial charge on any atom is -0.386 e. The Morgan fingerprint density at radius 1 is 0.680 bits per heavy atom. The van der Waals surface area contributed by atoms with E-state index in [0.717, 1.165) is 0 Å². The van der Waals surface area contributed by atoms with Crippen LogP contribution in [0.1, 0.15) is 34.1 Å². The smallest absolute Gasteiger partial charge is 0.343 e. The van der Waals surface area contributed by atoms with Crippen LogP contribution >= 0.6 is 0 Å². The van der Waals surface area contributed by atoms with Crippen LogP contribution in [0.5, 0.6) is 0 Å². The quantitative estimate of drug-likeness (QED) is 0.242. The van der Waals surface area contributed by atoms with Crippen LogP contribution < -0.4 is 0 Å². The number of esters is 2. The van der Waals surface area contributed by atoms with Gasteiger partial charge in [-0.3, -0.25) is 0 Å². The van der Waals surface area contributed by atoms with E-state index >= 15 is 0 Å². The lowest BCUT2D eigenvalue weighted by Crippen LogP contribution is -2.32. The van der Waals surface area contributed by atoms with Crippen molar-refractivity contribution in [3.8, 4) is 0 Å². The molecule has 0 spiro atoms. The van der Waals surface area contributed by atoms with Gasteiger partial charge in [0.1, 0.15) is 0 Å². The maximum atomic E-state index is 14.5. The van der Waals surface area contributed by atoms with Gasteiger partial charge in [-0.15, -0.1) is 0 Å². The molecule has 25 heavy (non-hydrogen) atoms. The predicted molar refractivity (Wildman–Crippen MR) is 74.5 cm³/mol. The van der Waals surface area contributed by atoms with Gasteiger partial charge in [0.15, 0.2) is 23.3 Å². The second-order valence-corrected chi connectivity index (χ2v) is 6.08. The van der Waals surface area contributed by atoms with Crippen LogP contribution in [0.15, 0.2) is 35.4 Å². The number of ether oxygens (including phenoxy) is 1. The molecular weight excluding hydrogens is 340 g/mol. The van der Waals surface area contributed by atoms with Gasteiger partial charge in [0.05, 0.1) is 11.1 Å². The number of rotatable bonds is 0. The molecule has 0 saturated carbocycles. The summed E-state index contributed by atoms with van der Waals surface area (Å²) in [5.41, 5.74) is -0.295. The molecule has 0 amide bonds. The van der Waals surface area contributed by atoms with Crippen LogP contribution in [0.25, 0.3) is 0 Å². The zero-order valence-corrected chi connectivity index (χ0v) is 12.2. The zero-order chi connectivity index (χ0) is 17.6. The van der Waals surface area contributed by atoms with Crippen molar-refractivity contribution in [2.24, 2.45) is 0 Å². The standard InChI is InChI=1S/C18H6F4O3/c19-13-9-7-5-3-1-2-4-6(5)8(10(9)14(20)16(22)15(13)21)12-11(7)17(23)25-18(12)24/h1-4,7-8H. The van der Waals surface area contributed by atoms with Crippen molar-refractivity contribution < 1.29 is 31.9 Å². The highest BCUT2D eigenvalue weighted by Gasteiger charge is 2.55. The average Bonchev–Trinajstić information content (AvgIpc) is 2.92. The summed E-state index contributed by atoms with van der Waals surface area (Å²) in [6.45, 7) is 0. The molecule has 0 fully saturated rings. The number of halogens is 4. The number of hydrogen-bond donors (Lipinski definition) is 0. The summed E-state index contributed by atoms with van der Waals surface area (Å²) in [4.78, 5) is 24.2. The molecule has 1 aliphatic heterocycles. The Morgan fingerprint density at radius 2 is 1.08 bits per heavy atom. The second kappa shape index (κ2) is 4.36. The maximum absolute atomic E-state index is 14.5. The molecule has 2 aromatic rings. The molecule has 0 aromatic heterocycles. The normalized spacial score (nSPS) is 22.7. The third-order valence-corrected chi connectivity index (χ3v) is 5.03. The lowest BCUT2D eigenvalue weighted by Gasteiger charge is -2.39. The molecule has 7 heteroatoms. The molecule has 2 atom stereocenters. The largest absolute Gasteiger partial charge is 0.386 e. The fourth-order valence-electron chi connectivity index (χ4n) is 4.14. The first-order valence-corrected chi connectivity index (χ1v) is 7.38. The van der Waals surface area contributed by atoms with Crippen molar-refractivity contribution in [1.29, 1.82) is 0 Å². The van der Waals surface area contributed by atoms with E-state index < -0.39 is 58.2 Å². The van der Waals surface area contributed by atoms with E-state index in [4.69, 9.17) is 0 Å². The van der Waals surface area contributed by atoms with Crippen molar-refractivity contribution in [2.45, 2.75) is 11.8 Å². The van der Waals surface area contributed by atoms with Crippen molar-refractivity contribution in [2.75, 3.05) is 0 Å². The summed E-state index contributed by atoms with van der Waals surface area (Å²) < 4.78 is 61.3. The molecule has 3 nitrogen and oxygen atoms in total. The molecule has 0 N–H and O–H groups in total. The predicted octanol–water partition coefficient (Wildman–Crippen LogP) is 3.21. The number of carbonyl (C=O) groups is 2. The fourth-order valence-corrected chi connectivity index (χ4v) is 4.14. The molecule has 0 radical (unpaired) electrons. The van der Waals surface area contributed by atoms with E-state index in [1.54, 1.807) is 24.3 Å². The third-order valence-electron chi connectivity index (χ3n) is 5.03. The van der Waals surface area contributed by atoms with Gasteiger partial charge in [0.25, 0.3) is 0 Å². The highest BCUT2D eigenvalue weighted by Crippen LogP contribution is 2.59. The second-order valence-electron chi connectivity index (χ2n) is 6.08. The molecule has 3 aliphatic carbocycles. The van der Waals surface area contributed by atoms with Crippen LogP contribution in [0, 0.1) is 23.3 Å². The third kappa shape index (κ3) is 1.47. The van der Waals surface area contributed by atoms with Gasteiger partial charge in [-0.05, 0) is 11.1 Å². The zero-order valence-electron chi connectivity index (χ0n) is 12.2. The van der Waals surface area contributed by atoms with Crippen molar-refractivity contribution in [3.05, 3.63) is 80.9 Å². The molecule has 6 rings (SSSR count). The number of benzene rings is 2. The average molecular weight is 346 g/mol. The first-order valence-electron chi connectivity index (χ1n) is 7.38. The fraction of sp³-hybridized carbons (Fsp3) is 0.111. The highest BCUT2D eigenvalue weighted by molar-refractivity contribution is 6.16. The molecule has 2 aromatic carbocycles. The van der Waals surface area contributed by atoms with E-state index in [-0.39, 0.29) is 11.1 Å². The van der Waals surface area contributed by atoms with Gasteiger partial charge in [0, 0.05) is 23.0 Å². The lowest BCUT2D eigenvalue weighted by molar-refractivity contribution is -0.151. The van der Waals surface area contributed by atoms with E-state index in [1.165, 1.54) is 0 Å².